The molecule has 0 bridgehead atoms. The Morgan fingerprint density at radius 2 is 1.42 bits per heavy atom. The fourth-order valence-corrected chi connectivity index (χ4v) is 1.67. The summed E-state index contributed by atoms with van der Waals surface area (Å²) in [7, 11) is 0. The highest BCUT2D eigenvalue weighted by atomic mass is 16.1. The Bertz CT molecular complexity index is 192. The normalized spacial score (nSPS) is 10.6. The molecule has 2 heteroatoms. The number of nitrogens with two attached hydrogens (primary N) is 1. The molecule has 2 N–H and O–H groups in total. The third kappa shape index (κ3) is 2.68. The van der Waals surface area contributed by atoms with E-state index < -0.39 is 0 Å². The Labute approximate surface area is 74.8 Å². The summed E-state index contributed by atoms with van der Waals surface area (Å²) in [5, 5.41) is 0. The third-order valence-corrected chi connectivity index (χ3v) is 2.05. The molecule has 0 fully saturated rings. The van der Waals surface area contributed by atoms with E-state index in [9.17, 15) is 4.79 Å². The summed E-state index contributed by atoms with van der Waals surface area (Å²) in [6.07, 6.45) is 0. The molecule has 0 spiro atoms. The van der Waals surface area contributed by atoms with Gasteiger partial charge >= 0.3 is 0 Å². The summed E-state index contributed by atoms with van der Waals surface area (Å²) >= 11 is 0. The number of hydrogen-bond donors (Lipinski definition) is 1. The van der Waals surface area contributed by atoms with Crippen LogP contribution in [0.15, 0.2) is 11.1 Å². The minimum Gasteiger partial charge on any atom is -0.366 e. The van der Waals surface area contributed by atoms with Crippen molar-refractivity contribution in [3.63, 3.8) is 0 Å². The van der Waals surface area contributed by atoms with Crippen molar-refractivity contribution in [2.24, 2.45) is 17.6 Å². The lowest BCUT2D eigenvalue weighted by Gasteiger charge is -2.17. The summed E-state index contributed by atoms with van der Waals surface area (Å²) in [5.41, 5.74) is 7.11. The van der Waals surface area contributed by atoms with Gasteiger partial charge in [-0.15, -0.1) is 0 Å². The van der Waals surface area contributed by atoms with E-state index in [-0.39, 0.29) is 5.91 Å². The van der Waals surface area contributed by atoms with E-state index in [1.54, 1.807) is 6.92 Å². The van der Waals surface area contributed by atoms with E-state index in [1.807, 2.05) is 0 Å². The fraction of sp³-hybridized carbons (Fsp3) is 0.700. The molecule has 0 aliphatic heterocycles. The molecular formula is C10H19NO. The van der Waals surface area contributed by atoms with Gasteiger partial charge < -0.3 is 5.73 Å². The molecule has 0 atom stereocenters. The van der Waals surface area contributed by atoms with E-state index in [4.69, 9.17) is 5.73 Å². The molecule has 0 unspecified atom stereocenters. The molecule has 0 aromatic carbocycles. The molecule has 0 aromatic rings. The maximum atomic E-state index is 10.9. The second-order valence-corrected chi connectivity index (χ2v) is 3.75. The summed E-state index contributed by atoms with van der Waals surface area (Å²) in [6, 6.07) is 0. The number of amides is 1. The molecule has 0 saturated carbocycles. The molecule has 0 radical (unpaired) electrons. The second-order valence-electron chi connectivity index (χ2n) is 3.75. The van der Waals surface area contributed by atoms with Crippen LogP contribution in [0, 0.1) is 11.8 Å². The largest absolute Gasteiger partial charge is 0.366 e. The summed E-state index contributed by atoms with van der Waals surface area (Å²) in [4.78, 5) is 10.9. The number of carbonyl (C=O) groups excluding carboxylic acids is 1. The first-order chi connectivity index (χ1) is 5.37. The quantitative estimate of drug-likeness (QED) is 0.646. The van der Waals surface area contributed by atoms with Gasteiger partial charge in [-0.25, -0.2) is 0 Å². The number of allylic oxidation sites excluding steroid dienone is 1. The number of carbonyl (C=O) groups is 1. The van der Waals surface area contributed by atoms with Gasteiger partial charge in [0.2, 0.25) is 5.91 Å². The lowest BCUT2D eigenvalue weighted by Crippen LogP contribution is -2.17. The van der Waals surface area contributed by atoms with Crippen LogP contribution in [0.4, 0.5) is 0 Å². The average molecular weight is 169 g/mol. The van der Waals surface area contributed by atoms with Gasteiger partial charge in [0.05, 0.1) is 0 Å². The lowest BCUT2D eigenvalue weighted by molar-refractivity contribution is -0.114. The van der Waals surface area contributed by atoms with Crippen LogP contribution in [0.25, 0.3) is 0 Å². The van der Waals surface area contributed by atoms with Crippen molar-refractivity contribution in [1.82, 2.24) is 0 Å². The molecular weight excluding hydrogens is 150 g/mol. The first-order valence-electron chi connectivity index (χ1n) is 4.38. The van der Waals surface area contributed by atoms with Crippen LogP contribution in [0.1, 0.15) is 34.6 Å². The zero-order chi connectivity index (χ0) is 9.89. The standard InChI is InChI=1S/C10H19NO/c1-6(2)9(7(3)4)8(5)10(11)12/h6-7H,1-5H3,(H2,11,12). The van der Waals surface area contributed by atoms with E-state index in [1.165, 1.54) is 5.57 Å². The van der Waals surface area contributed by atoms with Crippen LogP contribution < -0.4 is 5.73 Å². The lowest BCUT2D eigenvalue weighted by atomic mass is 9.88. The predicted octanol–water partition coefficient (Wildman–Crippen LogP) is 2.10. The van der Waals surface area contributed by atoms with Crippen molar-refractivity contribution >= 4 is 5.91 Å². The highest BCUT2D eigenvalue weighted by Crippen LogP contribution is 2.22. The minimum atomic E-state index is -0.299. The van der Waals surface area contributed by atoms with Crippen LogP contribution in [0.2, 0.25) is 0 Å². The van der Waals surface area contributed by atoms with Gasteiger partial charge in [-0.05, 0) is 18.8 Å². The Balaban J connectivity index is 4.94. The first-order valence-corrected chi connectivity index (χ1v) is 4.38. The van der Waals surface area contributed by atoms with Crippen molar-refractivity contribution < 1.29 is 4.79 Å². The monoisotopic (exact) mass is 169 g/mol. The van der Waals surface area contributed by atoms with E-state index in [0.717, 1.165) is 5.57 Å². The molecule has 1 amide bonds. The van der Waals surface area contributed by atoms with Gasteiger partial charge in [0.25, 0.3) is 0 Å². The molecule has 70 valence electrons. The highest BCUT2D eigenvalue weighted by molar-refractivity contribution is 5.92. The van der Waals surface area contributed by atoms with Gasteiger partial charge in [-0.3, -0.25) is 4.79 Å². The van der Waals surface area contributed by atoms with Gasteiger partial charge in [-0.1, -0.05) is 33.3 Å². The van der Waals surface area contributed by atoms with Gasteiger partial charge in [0.1, 0.15) is 0 Å². The highest BCUT2D eigenvalue weighted by Gasteiger charge is 2.14. The molecule has 0 heterocycles. The first kappa shape index (κ1) is 11.2. The molecule has 0 aliphatic rings. The Hall–Kier alpha value is -0.790. The number of rotatable bonds is 3. The molecule has 0 saturated heterocycles. The summed E-state index contributed by atoms with van der Waals surface area (Å²) in [5.74, 6) is 0.502. The predicted molar refractivity (Wildman–Crippen MR) is 51.6 cm³/mol. The number of hydrogen-bond acceptors (Lipinski definition) is 1. The van der Waals surface area contributed by atoms with Crippen molar-refractivity contribution in [2.45, 2.75) is 34.6 Å². The van der Waals surface area contributed by atoms with Crippen molar-refractivity contribution in [3.8, 4) is 0 Å². The molecule has 0 rings (SSSR count). The van der Waals surface area contributed by atoms with E-state index >= 15 is 0 Å². The van der Waals surface area contributed by atoms with Crippen molar-refractivity contribution in [3.05, 3.63) is 11.1 Å². The minimum absolute atomic E-state index is 0.299. The topological polar surface area (TPSA) is 43.1 Å². The second kappa shape index (κ2) is 4.29. The van der Waals surface area contributed by atoms with Crippen molar-refractivity contribution in [2.75, 3.05) is 0 Å². The Kier molecular flexibility index (Phi) is 4.01. The number of primary amides is 1. The smallest absolute Gasteiger partial charge is 0.244 e. The van der Waals surface area contributed by atoms with Crippen LogP contribution in [-0.2, 0) is 4.79 Å². The summed E-state index contributed by atoms with van der Waals surface area (Å²) in [6.45, 7) is 10.1. The molecule has 2 nitrogen and oxygen atoms in total. The van der Waals surface area contributed by atoms with Gasteiger partial charge in [0, 0.05) is 5.57 Å². The van der Waals surface area contributed by atoms with Gasteiger partial charge in [0.15, 0.2) is 0 Å². The van der Waals surface area contributed by atoms with Crippen LogP contribution >= 0.6 is 0 Å². The zero-order valence-corrected chi connectivity index (χ0v) is 8.64. The fourth-order valence-electron chi connectivity index (χ4n) is 1.67. The maximum absolute atomic E-state index is 10.9. The summed E-state index contributed by atoms with van der Waals surface area (Å²) < 4.78 is 0. The SMILES string of the molecule is CC(C(N)=O)=C(C(C)C)C(C)C. The van der Waals surface area contributed by atoms with Crippen molar-refractivity contribution in [1.29, 1.82) is 0 Å². The Morgan fingerprint density at radius 1 is 1.08 bits per heavy atom. The van der Waals surface area contributed by atoms with Crippen LogP contribution in [-0.4, -0.2) is 5.91 Å². The third-order valence-electron chi connectivity index (χ3n) is 2.05. The zero-order valence-electron chi connectivity index (χ0n) is 8.64. The van der Waals surface area contributed by atoms with Crippen LogP contribution in [0.3, 0.4) is 0 Å². The van der Waals surface area contributed by atoms with Gasteiger partial charge in [-0.2, -0.15) is 0 Å². The van der Waals surface area contributed by atoms with E-state index in [2.05, 4.69) is 27.7 Å². The molecule has 0 aliphatic carbocycles. The van der Waals surface area contributed by atoms with Crippen LogP contribution in [0.5, 0.6) is 0 Å². The molecule has 0 aromatic heterocycles. The average Bonchev–Trinajstić information content (AvgIpc) is 1.85. The maximum Gasteiger partial charge on any atom is 0.244 e. The Morgan fingerprint density at radius 3 is 1.50 bits per heavy atom. The van der Waals surface area contributed by atoms with E-state index in [0.29, 0.717) is 11.8 Å². The molecule has 12 heavy (non-hydrogen) atoms.